The standard InChI is InChI=1S/C52H100O6/c1-6-8-9-10-11-12-13-19-22-27-32-37-42-50(53)56-45-49(46-57-51(54)43-38-33-29-24-25-30-35-40-47(3)4)58-52(55)44-39-34-28-23-20-17-15-14-16-18-21-26-31-36-41-48(5)7-2/h47-49H,6-46H2,1-5H3/t48?,49-/m1/s1. The number of carbonyl (C=O) groups is 3. The first-order valence-electron chi connectivity index (χ1n) is 25.8. The molecule has 0 fully saturated rings. The van der Waals surface area contributed by atoms with Crippen molar-refractivity contribution in [2.45, 2.75) is 291 Å². The SMILES string of the molecule is CCCCCCCCCCCCCCC(=O)OC[C@H](COC(=O)CCCCCCCCCC(C)C)OC(=O)CCCCCCCCCCCCCCCCC(C)CC. The zero-order valence-electron chi connectivity index (χ0n) is 39.7. The molecule has 0 spiro atoms. The fourth-order valence-electron chi connectivity index (χ4n) is 7.78. The van der Waals surface area contributed by atoms with Gasteiger partial charge < -0.3 is 14.2 Å². The van der Waals surface area contributed by atoms with Gasteiger partial charge in [0.25, 0.3) is 0 Å². The number of ether oxygens (including phenoxy) is 3. The van der Waals surface area contributed by atoms with Gasteiger partial charge in [0.1, 0.15) is 13.2 Å². The molecule has 6 heteroatoms. The van der Waals surface area contributed by atoms with E-state index in [1.807, 2.05) is 0 Å². The Morgan fingerprint density at radius 2 is 0.655 bits per heavy atom. The van der Waals surface area contributed by atoms with Crippen LogP contribution in [0.4, 0.5) is 0 Å². The van der Waals surface area contributed by atoms with Crippen LogP contribution in [0.5, 0.6) is 0 Å². The maximum absolute atomic E-state index is 12.8. The van der Waals surface area contributed by atoms with Crippen LogP contribution in [-0.4, -0.2) is 37.2 Å². The molecule has 0 rings (SSSR count). The summed E-state index contributed by atoms with van der Waals surface area (Å²) >= 11 is 0. The second kappa shape index (κ2) is 44.9. The molecule has 0 aliphatic rings. The fourth-order valence-corrected chi connectivity index (χ4v) is 7.78. The summed E-state index contributed by atoms with van der Waals surface area (Å²) in [5.74, 6) is 0.824. The van der Waals surface area contributed by atoms with Crippen molar-refractivity contribution in [2.75, 3.05) is 13.2 Å². The minimum absolute atomic E-state index is 0.0642. The van der Waals surface area contributed by atoms with Crippen LogP contribution in [0.15, 0.2) is 0 Å². The Bertz CT molecular complexity index is 887. The van der Waals surface area contributed by atoms with Crippen molar-refractivity contribution in [1.29, 1.82) is 0 Å². The molecule has 0 bridgehead atoms. The molecule has 0 aromatic heterocycles. The molecule has 0 radical (unpaired) electrons. The highest BCUT2D eigenvalue weighted by molar-refractivity contribution is 5.71. The van der Waals surface area contributed by atoms with Crippen LogP contribution in [0.1, 0.15) is 285 Å². The van der Waals surface area contributed by atoms with E-state index in [0.29, 0.717) is 19.3 Å². The van der Waals surface area contributed by atoms with Crippen LogP contribution in [0, 0.1) is 11.8 Å². The first kappa shape index (κ1) is 56.4. The van der Waals surface area contributed by atoms with E-state index >= 15 is 0 Å². The highest BCUT2D eigenvalue weighted by Gasteiger charge is 2.19. The molecule has 2 atom stereocenters. The summed E-state index contributed by atoms with van der Waals surface area (Å²) in [5, 5.41) is 0. The number of esters is 3. The third-order valence-corrected chi connectivity index (χ3v) is 12.1. The van der Waals surface area contributed by atoms with E-state index < -0.39 is 6.10 Å². The van der Waals surface area contributed by atoms with Crippen LogP contribution in [0.2, 0.25) is 0 Å². The molecule has 344 valence electrons. The lowest BCUT2D eigenvalue weighted by molar-refractivity contribution is -0.167. The van der Waals surface area contributed by atoms with Gasteiger partial charge in [-0.1, -0.05) is 247 Å². The van der Waals surface area contributed by atoms with Gasteiger partial charge in [0.2, 0.25) is 0 Å². The van der Waals surface area contributed by atoms with Gasteiger partial charge in [-0.05, 0) is 31.1 Å². The van der Waals surface area contributed by atoms with Crippen LogP contribution in [-0.2, 0) is 28.6 Å². The molecule has 1 unspecified atom stereocenters. The highest BCUT2D eigenvalue weighted by Crippen LogP contribution is 2.18. The van der Waals surface area contributed by atoms with Gasteiger partial charge in [-0.2, -0.15) is 0 Å². The van der Waals surface area contributed by atoms with Crippen molar-refractivity contribution in [3.8, 4) is 0 Å². The Kier molecular flexibility index (Phi) is 43.7. The van der Waals surface area contributed by atoms with Crippen LogP contribution >= 0.6 is 0 Å². The second-order valence-corrected chi connectivity index (χ2v) is 18.5. The van der Waals surface area contributed by atoms with Gasteiger partial charge in [0.05, 0.1) is 0 Å². The Morgan fingerprint density at radius 3 is 0.983 bits per heavy atom. The topological polar surface area (TPSA) is 78.9 Å². The van der Waals surface area contributed by atoms with Gasteiger partial charge in [0.15, 0.2) is 6.10 Å². The van der Waals surface area contributed by atoms with Crippen LogP contribution in [0.3, 0.4) is 0 Å². The summed E-state index contributed by atoms with van der Waals surface area (Å²) in [4.78, 5) is 37.9. The van der Waals surface area contributed by atoms with Crippen molar-refractivity contribution < 1.29 is 28.6 Å². The fraction of sp³-hybridized carbons (Fsp3) is 0.942. The van der Waals surface area contributed by atoms with E-state index in [2.05, 4.69) is 34.6 Å². The molecule has 0 aliphatic heterocycles. The average molecular weight is 821 g/mol. The minimum Gasteiger partial charge on any atom is -0.462 e. The summed E-state index contributed by atoms with van der Waals surface area (Å²) in [7, 11) is 0. The number of carbonyl (C=O) groups excluding carboxylic acids is 3. The third kappa shape index (κ3) is 44.0. The molecule has 0 amide bonds. The van der Waals surface area contributed by atoms with Crippen molar-refractivity contribution in [3.63, 3.8) is 0 Å². The summed E-state index contributed by atoms with van der Waals surface area (Å²) < 4.78 is 16.8. The molecule has 0 saturated carbocycles. The van der Waals surface area contributed by atoms with Gasteiger partial charge in [-0.15, -0.1) is 0 Å². The predicted molar refractivity (Wildman–Crippen MR) is 247 cm³/mol. The van der Waals surface area contributed by atoms with Gasteiger partial charge in [0, 0.05) is 19.3 Å². The zero-order valence-corrected chi connectivity index (χ0v) is 39.7. The smallest absolute Gasteiger partial charge is 0.306 e. The largest absolute Gasteiger partial charge is 0.462 e. The van der Waals surface area contributed by atoms with E-state index in [1.165, 1.54) is 173 Å². The molecule has 0 saturated heterocycles. The first-order valence-corrected chi connectivity index (χ1v) is 25.8. The van der Waals surface area contributed by atoms with Crippen molar-refractivity contribution in [3.05, 3.63) is 0 Å². The molecular weight excluding hydrogens is 721 g/mol. The maximum atomic E-state index is 12.8. The first-order chi connectivity index (χ1) is 28.3. The van der Waals surface area contributed by atoms with Crippen molar-refractivity contribution in [1.82, 2.24) is 0 Å². The Labute approximate surface area is 361 Å². The average Bonchev–Trinajstić information content (AvgIpc) is 3.21. The summed E-state index contributed by atoms with van der Waals surface area (Å²) in [6, 6.07) is 0. The van der Waals surface area contributed by atoms with Crippen molar-refractivity contribution >= 4 is 17.9 Å². The van der Waals surface area contributed by atoms with E-state index in [4.69, 9.17) is 14.2 Å². The van der Waals surface area contributed by atoms with Crippen LogP contribution < -0.4 is 0 Å². The molecule has 0 N–H and O–H groups in total. The lowest BCUT2D eigenvalue weighted by Gasteiger charge is -2.18. The van der Waals surface area contributed by atoms with Gasteiger partial charge in [-0.3, -0.25) is 14.4 Å². The Morgan fingerprint density at radius 1 is 0.362 bits per heavy atom. The minimum atomic E-state index is -0.761. The van der Waals surface area contributed by atoms with E-state index in [-0.39, 0.29) is 31.1 Å². The summed E-state index contributed by atoms with van der Waals surface area (Å²) in [6.07, 6.45) is 45.2. The van der Waals surface area contributed by atoms with Crippen molar-refractivity contribution in [2.24, 2.45) is 11.8 Å². The second-order valence-electron chi connectivity index (χ2n) is 18.5. The third-order valence-electron chi connectivity index (χ3n) is 12.1. The summed E-state index contributed by atoms with van der Waals surface area (Å²) in [5.41, 5.74) is 0. The molecule has 58 heavy (non-hydrogen) atoms. The summed E-state index contributed by atoms with van der Waals surface area (Å²) in [6.45, 7) is 11.4. The molecule has 0 aromatic carbocycles. The number of unbranched alkanes of at least 4 members (excludes halogenated alkanes) is 30. The number of hydrogen-bond donors (Lipinski definition) is 0. The quantitative estimate of drug-likeness (QED) is 0.0346. The lowest BCUT2D eigenvalue weighted by atomic mass is 9.99. The Balaban J connectivity index is 4.28. The molecular formula is C52H100O6. The normalized spacial score (nSPS) is 12.5. The Hall–Kier alpha value is -1.59. The van der Waals surface area contributed by atoms with E-state index in [0.717, 1.165) is 69.6 Å². The number of rotatable bonds is 46. The van der Waals surface area contributed by atoms with E-state index in [9.17, 15) is 14.4 Å². The maximum Gasteiger partial charge on any atom is 0.306 e. The lowest BCUT2D eigenvalue weighted by Crippen LogP contribution is -2.30. The molecule has 6 nitrogen and oxygen atoms in total. The van der Waals surface area contributed by atoms with E-state index in [1.54, 1.807) is 0 Å². The molecule has 0 heterocycles. The van der Waals surface area contributed by atoms with Gasteiger partial charge >= 0.3 is 17.9 Å². The monoisotopic (exact) mass is 821 g/mol. The highest BCUT2D eigenvalue weighted by atomic mass is 16.6. The molecule has 0 aromatic rings. The predicted octanol–water partition coefficient (Wildman–Crippen LogP) is 16.5. The number of hydrogen-bond acceptors (Lipinski definition) is 6. The zero-order chi connectivity index (χ0) is 42.6. The van der Waals surface area contributed by atoms with Gasteiger partial charge in [-0.25, -0.2) is 0 Å². The van der Waals surface area contributed by atoms with Crippen LogP contribution in [0.25, 0.3) is 0 Å². The molecule has 0 aliphatic carbocycles.